The zero-order chi connectivity index (χ0) is 26.4. The monoisotopic (exact) mass is 516 g/mol. The summed E-state index contributed by atoms with van der Waals surface area (Å²) in [5.41, 5.74) is 11.2. The number of hydrogen-bond donors (Lipinski definition) is 10. The van der Waals surface area contributed by atoms with Crippen LogP contribution in [0.15, 0.2) is 4.99 Å². The summed E-state index contributed by atoms with van der Waals surface area (Å²) in [6, 6.07) is -3.20. The van der Waals surface area contributed by atoms with Crippen LogP contribution in [0, 0.1) is 0 Å². The van der Waals surface area contributed by atoms with Gasteiger partial charge in [0.15, 0.2) is 24.3 Å². The van der Waals surface area contributed by atoms with Crippen LogP contribution in [-0.4, -0.2) is 121 Å². The Morgan fingerprint density at radius 2 is 2.11 bits per heavy atom. The number of hydrogen-bond acceptors (Lipinski definition) is 13. The van der Waals surface area contributed by atoms with Gasteiger partial charge in [0, 0.05) is 19.0 Å². The summed E-state index contributed by atoms with van der Waals surface area (Å²) in [6.07, 6.45) is -6.07. The maximum Gasteiger partial charge on any atom is 0.404 e. The number of β-amino-alcohol motifs (C(OH)–C–C–N with tert-alkyl or cyclic N) is 1. The average molecular weight is 517 g/mol. The van der Waals surface area contributed by atoms with Crippen LogP contribution in [0.2, 0.25) is 0 Å². The molecule has 0 radical (unpaired) electrons. The third kappa shape index (κ3) is 6.71. The summed E-state index contributed by atoms with van der Waals surface area (Å²) in [6.45, 7) is 0.159. The van der Waals surface area contributed by atoms with E-state index >= 15 is 0 Å². The summed E-state index contributed by atoms with van der Waals surface area (Å²) in [7, 11) is 1.81. The van der Waals surface area contributed by atoms with E-state index < -0.39 is 73.4 Å². The van der Waals surface area contributed by atoms with E-state index in [0.29, 0.717) is 6.42 Å². The van der Waals surface area contributed by atoms with E-state index in [0.717, 1.165) is 13.0 Å². The first kappa shape index (κ1) is 27.8. The van der Waals surface area contributed by atoms with Crippen LogP contribution in [0.1, 0.15) is 19.3 Å². The van der Waals surface area contributed by atoms with Crippen LogP contribution >= 0.6 is 0 Å². The molecule has 9 atom stereocenters. The highest BCUT2D eigenvalue weighted by Crippen LogP contribution is 2.24. The van der Waals surface area contributed by atoms with Crippen molar-refractivity contribution in [2.24, 2.45) is 16.5 Å². The molecule has 2 fully saturated rings. The minimum absolute atomic E-state index is 0.0415. The van der Waals surface area contributed by atoms with Crippen molar-refractivity contribution in [3.8, 4) is 0 Å². The van der Waals surface area contributed by atoms with Gasteiger partial charge in [0.1, 0.15) is 18.2 Å². The fourth-order valence-corrected chi connectivity index (χ4v) is 4.46. The largest absolute Gasteiger partial charge is 0.441 e. The molecule has 12 N–H and O–H groups in total. The number of carbonyl (C=O) groups is 3. The Morgan fingerprint density at radius 3 is 2.75 bits per heavy atom. The maximum atomic E-state index is 12.7. The van der Waals surface area contributed by atoms with E-state index in [1.54, 1.807) is 0 Å². The smallest absolute Gasteiger partial charge is 0.404 e. The van der Waals surface area contributed by atoms with Crippen molar-refractivity contribution < 1.29 is 39.2 Å². The standard InChI is InChI=1S/C20H36N8O8/c1-23-4-2-3-8(21)5-11(31)25-14-15(32)16(36-19(22)34)10(7-29)35-18(14)28-20-26-12-9(30)6-24-17(33)13(12)27-20/h8-10,12-16,18,23,29-30,32H,2-7,21H2,1H3,(H2,22,34)(H,24,33)(H,25,31)(H2,26,27,28)/t8?,9-,10?,12-,13+,14?,15?,16?,18?/m1/s1. The molecule has 0 spiro atoms. The molecule has 3 aliphatic rings. The number of rotatable bonds is 10. The van der Waals surface area contributed by atoms with Gasteiger partial charge in [0.25, 0.3) is 0 Å². The molecule has 36 heavy (non-hydrogen) atoms. The zero-order valence-corrected chi connectivity index (χ0v) is 19.9. The maximum absolute atomic E-state index is 12.7. The highest BCUT2D eigenvalue weighted by molar-refractivity contribution is 5.92. The summed E-state index contributed by atoms with van der Waals surface area (Å²) in [5, 5.41) is 44.9. The molecule has 6 unspecified atom stereocenters. The molecule has 3 heterocycles. The number of nitrogens with one attached hydrogen (secondary N) is 5. The molecule has 3 amide bonds. The molecule has 0 aliphatic carbocycles. The lowest BCUT2D eigenvalue weighted by Gasteiger charge is -2.44. The van der Waals surface area contributed by atoms with E-state index in [-0.39, 0.29) is 24.8 Å². The number of carbonyl (C=O) groups excluding carboxylic acids is 3. The molecule has 0 bridgehead atoms. The van der Waals surface area contributed by atoms with Crippen LogP contribution in [0.25, 0.3) is 0 Å². The first-order chi connectivity index (χ1) is 17.1. The lowest BCUT2D eigenvalue weighted by molar-refractivity contribution is -0.198. The molecule has 3 aliphatic heterocycles. The quantitative estimate of drug-likeness (QED) is 0.122. The molecule has 0 aromatic rings. The van der Waals surface area contributed by atoms with Gasteiger partial charge in [-0.2, -0.15) is 0 Å². The second kappa shape index (κ2) is 12.5. The van der Waals surface area contributed by atoms with Crippen LogP contribution < -0.4 is 38.1 Å². The summed E-state index contributed by atoms with van der Waals surface area (Å²) in [5.74, 6) is -0.789. The predicted molar refractivity (Wildman–Crippen MR) is 124 cm³/mol. The molecule has 0 saturated carbocycles. The highest BCUT2D eigenvalue weighted by Gasteiger charge is 2.49. The zero-order valence-electron chi connectivity index (χ0n) is 19.9. The van der Waals surface area contributed by atoms with Gasteiger partial charge in [0.05, 0.1) is 18.8 Å². The average Bonchev–Trinajstić information content (AvgIpc) is 3.25. The summed E-state index contributed by atoms with van der Waals surface area (Å²) in [4.78, 5) is 40.5. The molecule has 16 heteroatoms. The fraction of sp³-hybridized carbons (Fsp3) is 0.800. The SMILES string of the molecule is CNCCCC(N)CC(=O)NC1C(NC2=N[C@@H]3C(=O)NC[C@@H](O)[C@H]3N2)OC(CO)C(OC(N)=O)C1O. The Kier molecular flexibility index (Phi) is 9.63. The summed E-state index contributed by atoms with van der Waals surface area (Å²) >= 11 is 0. The number of nitrogens with zero attached hydrogens (tertiary/aromatic N) is 1. The second-order valence-electron chi connectivity index (χ2n) is 9.02. The van der Waals surface area contributed by atoms with Crippen LogP contribution in [0.4, 0.5) is 4.79 Å². The van der Waals surface area contributed by atoms with E-state index in [9.17, 15) is 29.7 Å². The number of aliphatic hydroxyl groups is 3. The first-order valence-electron chi connectivity index (χ1n) is 11.8. The van der Waals surface area contributed by atoms with E-state index in [1.807, 2.05) is 7.05 Å². The normalized spacial score (nSPS) is 34.5. The molecule has 3 rings (SSSR count). The van der Waals surface area contributed by atoms with Crippen LogP contribution in [0.5, 0.6) is 0 Å². The molecule has 204 valence electrons. The van der Waals surface area contributed by atoms with Gasteiger partial charge < -0.3 is 62.8 Å². The van der Waals surface area contributed by atoms with Crippen molar-refractivity contribution in [2.45, 2.75) is 74.1 Å². The lowest BCUT2D eigenvalue weighted by Crippen LogP contribution is -2.70. The van der Waals surface area contributed by atoms with Crippen molar-refractivity contribution in [3.63, 3.8) is 0 Å². The molecule has 2 saturated heterocycles. The molecular formula is C20H36N8O8. The number of aliphatic hydroxyl groups excluding tert-OH is 3. The van der Waals surface area contributed by atoms with Crippen LogP contribution in [-0.2, 0) is 19.1 Å². The number of nitrogens with two attached hydrogens (primary N) is 2. The van der Waals surface area contributed by atoms with Gasteiger partial charge in [-0.25, -0.2) is 9.79 Å². The minimum Gasteiger partial charge on any atom is -0.441 e. The Balaban J connectivity index is 1.74. The fourth-order valence-electron chi connectivity index (χ4n) is 4.46. The number of piperidine rings is 1. The first-order valence-corrected chi connectivity index (χ1v) is 11.8. The predicted octanol–water partition coefficient (Wildman–Crippen LogP) is -5.49. The Bertz CT molecular complexity index is 832. The van der Waals surface area contributed by atoms with Gasteiger partial charge in [-0.15, -0.1) is 0 Å². The molecule has 0 aromatic heterocycles. The van der Waals surface area contributed by atoms with Gasteiger partial charge in [-0.3, -0.25) is 9.59 Å². The van der Waals surface area contributed by atoms with Crippen molar-refractivity contribution in [3.05, 3.63) is 0 Å². The van der Waals surface area contributed by atoms with Crippen molar-refractivity contribution >= 4 is 23.9 Å². The van der Waals surface area contributed by atoms with E-state index in [1.165, 1.54) is 0 Å². The van der Waals surface area contributed by atoms with E-state index in [2.05, 4.69) is 31.6 Å². The number of guanidine groups is 1. The third-order valence-corrected chi connectivity index (χ3v) is 6.29. The number of aliphatic imine (C=N–C) groups is 1. The second-order valence-corrected chi connectivity index (χ2v) is 9.02. The molecular weight excluding hydrogens is 480 g/mol. The van der Waals surface area contributed by atoms with Crippen LogP contribution in [0.3, 0.4) is 0 Å². The van der Waals surface area contributed by atoms with Crippen molar-refractivity contribution in [1.82, 2.24) is 26.6 Å². The van der Waals surface area contributed by atoms with Crippen molar-refractivity contribution in [2.75, 3.05) is 26.7 Å². The third-order valence-electron chi connectivity index (χ3n) is 6.29. The number of primary amides is 1. The van der Waals surface area contributed by atoms with E-state index in [4.69, 9.17) is 20.9 Å². The minimum atomic E-state index is -1.54. The molecule has 16 nitrogen and oxygen atoms in total. The summed E-state index contributed by atoms with van der Waals surface area (Å²) < 4.78 is 10.7. The lowest BCUT2D eigenvalue weighted by atomic mass is 9.95. The van der Waals surface area contributed by atoms with Gasteiger partial charge >= 0.3 is 6.09 Å². The van der Waals surface area contributed by atoms with Gasteiger partial charge in [0.2, 0.25) is 11.8 Å². The van der Waals surface area contributed by atoms with Gasteiger partial charge in [-0.05, 0) is 26.4 Å². The van der Waals surface area contributed by atoms with Crippen molar-refractivity contribution in [1.29, 1.82) is 0 Å². The number of fused-ring (bicyclic) bond motifs is 1. The Morgan fingerprint density at radius 1 is 1.36 bits per heavy atom. The number of amides is 3. The van der Waals surface area contributed by atoms with Gasteiger partial charge in [-0.1, -0.05) is 0 Å². The molecule has 0 aromatic carbocycles. The Hall–Kier alpha value is -2.76. The number of ether oxygens (including phenoxy) is 2. The highest BCUT2D eigenvalue weighted by atomic mass is 16.6. The Labute approximate surface area is 207 Å². The topological polar surface area (TPSA) is 255 Å².